The van der Waals surface area contributed by atoms with Gasteiger partial charge in [-0.3, -0.25) is 0 Å². The number of alkyl halides is 1. The molecule has 0 heterocycles. The topological polar surface area (TPSA) is 44.0 Å². The molecule has 5 heteroatoms. The van der Waals surface area contributed by atoms with E-state index < -0.39 is 22.7 Å². The van der Waals surface area contributed by atoms with Gasteiger partial charge in [-0.1, -0.05) is 15.9 Å². The van der Waals surface area contributed by atoms with Gasteiger partial charge in [-0.15, -0.1) is 0 Å². The van der Waals surface area contributed by atoms with Crippen molar-refractivity contribution < 1.29 is 13.9 Å². The van der Waals surface area contributed by atoms with Gasteiger partial charge in [0.15, 0.2) is 0 Å². The molecule has 1 aliphatic carbocycles. The van der Waals surface area contributed by atoms with Crippen LogP contribution in [0.3, 0.4) is 0 Å². The predicted octanol–water partition coefficient (Wildman–Crippen LogP) is 3.17. The summed E-state index contributed by atoms with van der Waals surface area (Å²) in [5.74, 6) is -1.13. The third kappa shape index (κ3) is 2.04. The average Bonchev–Trinajstić information content (AvgIpc) is 2.27. The SMILES string of the molecule is CC1(O)CC(C#N)(c2cc(F)c(CBr)cc2F)C1. The molecule has 0 saturated heterocycles. The third-order valence-corrected chi connectivity index (χ3v) is 3.98. The molecule has 1 aromatic rings. The molecule has 0 aliphatic heterocycles. The maximum atomic E-state index is 14.0. The van der Waals surface area contributed by atoms with Gasteiger partial charge in [-0.2, -0.15) is 5.26 Å². The predicted molar refractivity (Wildman–Crippen MR) is 66.1 cm³/mol. The van der Waals surface area contributed by atoms with Crippen LogP contribution in [-0.4, -0.2) is 10.7 Å². The summed E-state index contributed by atoms with van der Waals surface area (Å²) in [5, 5.41) is 19.1. The summed E-state index contributed by atoms with van der Waals surface area (Å²) < 4.78 is 27.6. The van der Waals surface area contributed by atoms with Gasteiger partial charge in [0.2, 0.25) is 0 Å². The van der Waals surface area contributed by atoms with E-state index in [1.807, 2.05) is 6.07 Å². The second-order valence-corrected chi connectivity index (χ2v) is 5.66. The molecule has 18 heavy (non-hydrogen) atoms. The van der Waals surface area contributed by atoms with Crippen molar-refractivity contribution in [3.8, 4) is 6.07 Å². The number of rotatable bonds is 2. The monoisotopic (exact) mass is 315 g/mol. The van der Waals surface area contributed by atoms with E-state index in [4.69, 9.17) is 0 Å². The van der Waals surface area contributed by atoms with Crippen LogP contribution in [-0.2, 0) is 10.7 Å². The van der Waals surface area contributed by atoms with Crippen LogP contribution in [0, 0.1) is 23.0 Å². The first-order valence-corrected chi connectivity index (χ1v) is 6.64. The second-order valence-electron chi connectivity index (χ2n) is 5.10. The fraction of sp³-hybridized carbons (Fsp3) is 0.462. The maximum absolute atomic E-state index is 14.0. The summed E-state index contributed by atoms with van der Waals surface area (Å²) >= 11 is 3.07. The molecule has 2 nitrogen and oxygen atoms in total. The van der Waals surface area contributed by atoms with E-state index in [1.54, 1.807) is 6.92 Å². The molecule has 1 N–H and O–H groups in total. The molecular weight excluding hydrogens is 304 g/mol. The number of nitrogens with zero attached hydrogens (tertiary/aromatic N) is 1. The lowest BCUT2D eigenvalue weighted by atomic mass is 9.57. The Morgan fingerprint density at radius 2 is 2.00 bits per heavy atom. The van der Waals surface area contributed by atoms with Gasteiger partial charge >= 0.3 is 0 Å². The Balaban J connectivity index is 2.46. The van der Waals surface area contributed by atoms with Gasteiger partial charge in [0.25, 0.3) is 0 Å². The van der Waals surface area contributed by atoms with Crippen LogP contribution in [0.2, 0.25) is 0 Å². The van der Waals surface area contributed by atoms with Crippen molar-refractivity contribution in [1.82, 2.24) is 0 Å². The molecule has 0 atom stereocenters. The van der Waals surface area contributed by atoms with Crippen LogP contribution in [0.25, 0.3) is 0 Å². The van der Waals surface area contributed by atoms with Gasteiger partial charge in [-0.05, 0) is 31.9 Å². The Labute approximate surface area is 112 Å². The molecule has 2 rings (SSSR count). The molecular formula is C13H12BrF2NO. The summed E-state index contributed by atoms with van der Waals surface area (Å²) in [6, 6.07) is 4.19. The lowest BCUT2D eigenvalue weighted by Gasteiger charge is -2.47. The Bertz CT molecular complexity index is 529. The zero-order valence-corrected chi connectivity index (χ0v) is 11.4. The van der Waals surface area contributed by atoms with Crippen molar-refractivity contribution in [3.05, 3.63) is 34.9 Å². The molecule has 0 spiro atoms. The van der Waals surface area contributed by atoms with Crippen LogP contribution in [0.1, 0.15) is 30.9 Å². The largest absolute Gasteiger partial charge is 0.390 e. The van der Waals surface area contributed by atoms with Crippen LogP contribution >= 0.6 is 15.9 Å². The highest BCUT2D eigenvalue weighted by molar-refractivity contribution is 9.08. The first-order chi connectivity index (χ1) is 8.33. The van der Waals surface area contributed by atoms with Crippen LogP contribution in [0.4, 0.5) is 8.78 Å². The highest BCUT2D eigenvalue weighted by atomic mass is 79.9. The van der Waals surface area contributed by atoms with E-state index in [0.29, 0.717) is 0 Å². The Hall–Kier alpha value is -0.990. The van der Waals surface area contributed by atoms with E-state index in [1.165, 1.54) is 0 Å². The summed E-state index contributed by atoms with van der Waals surface area (Å²) in [4.78, 5) is 0. The Morgan fingerprint density at radius 1 is 1.39 bits per heavy atom. The minimum atomic E-state index is -1.11. The summed E-state index contributed by atoms with van der Waals surface area (Å²) in [6.07, 6.45) is 0.251. The maximum Gasteiger partial charge on any atom is 0.128 e. The lowest BCUT2D eigenvalue weighted by molar-refractivity contribution is -0.0566. The summed E-state index contributed by atoms with van der Waals surface area (Å²) in [6.45, 7) is 1.59. The van der Waals surface area contributed by atoms with Crippen molar-refractivity contribution in [1.29, 1.82) is 5.26 Å². The molecule has 1 aliphatic rings. The fourth-order valence-corrected chi connectivity index (χ4v) is 3.07. The van der Waals surface area contributed by atoms with Gasteiger partial charge in [0.05, 0.1) is 17.1 Å². The molecule has 1 saturated carbocycles. The molecule has 0 unspecified atom stereocenters. The van der Waals surface area contributed by atoms with Crippen molar-refractivity contribution >= 4 is 15.9 Å². The molecule has 0 radical (unpaired) electrons. The van der Waals surface area contributed by atoms with Crippen molar-refractivity contribution in [2.24, 2.45) is 0 Å². The molecule has 1 fully saturated rings. The first-order valence-electron chi connectivity index (χ1n) is 5.51. The zero-order chi connectivity index (χ0) is 13.6. The van der Waals surface area contributed by atoms with E-state index in [9.17, 15) is 19.1 Å². The first kappa shape index (κ1) is 13.4. The van der Waals surface area contributed by atoms with E-state index in [2.05, 4.69) is 15.9 Å². The van der Waals surface area contributed by atoms with Crippen LogP contribution in [0.5, 0.6) is 0 Å². The highest BCUT2D eigenvalue weighted by Gasteiger charge is 2.54. The van der Waals surface area contributed by atoms with Crippen molar-refractivity contribution in [3.63, 3.8) is 0 Å². The van der Waals surface area contributed by atoms with E-state index in [0.717, 1.165) is 12.1 Å². The molecule has 0 aromatic heterocycles. The quantitative estimate of drug-likeness (QED) is 0.852. The number of benzene rings is 1. The smallest absolute Gasteiger partial charge is 0.128 e. The molecule has 0 bridgehead atoms. The van der Waals surface area contributed by atoms with Gasteiger partial charge in [-0.25, -0.2) is 8.78 Å². The van der Waals surface area contributed by atoms with Gasteiger partial charge in [0.1, 0.15) is 11.6 Å². The minimum absolute atomic E-state index is 0.0405. The highest BCUT2D eigenvalue weighted by Crippen LogP contribution is 2.50. The zero-order valence-electron chi connectivity index (χ0n) is 9.80. The number of hydrogen-bond acceptors (Lipinski definition) is 2. The van der Waals surface area contributed by atoms with Crippen molar-refractivity contribution in [2.75, 3.05) is 0 Å². The molecule has 0 amide bonds. The summed E-state index contributed by atoms with van der Waals surface area (Å²) in [7, 11) is 0. The van der Waals surface area contributed by atoms with Crippen molar-refractivity contribution in [2.45, 2.75) is 36.1 Å². The van der Waals surface area contributed by atoms with Crippen LogP contribution < -0.4 is 0 Å². The van der Waals surface area contributed by atoms with E-state index in [-0.39, 0.29) is 29.3 Å². The average molecular weight is 316 g/mol. The normalized spacial score (nSPS) is 30.7. The van der Waals surface area contributed by atoms with Crippen LogP contribution in [0.15, 0.2) is 12.1 Å². The standard InChI is InChI=1S/C13H12BrF2NO/c1-12(18)5-13(6-12,7-17)9-3-10(15)8(4-14)2-11(9)16/h2-3,18H,4-6H2,1H3. The van der Waals surface area contributed by atoms with E-state index >= 15 is 0 Å². The number of hydrogen-bond donors (Lipinski definition) is 1. The van der Waals surface area contributed by atoms with Gasteiger partial charge in [0, 0.05) is 16.5 Å². The Kier molecular flexibility index (Phi) is 3.20. The second kappa shape index (κ2) is 4.29. The third-order valence-electron chi connectivity index (χ3n) is 3.37. The number of halogens is 3. The lowest BCUT2D eigenvalue weighted by Crippen LogP contribution is -2.52. The molecule has 1 aromatic carbocycles. The molecule has 96 valence electrons. The fourth-order valence-electron chi connectivity index (χ4n) is 2.64. The number of aliphatic hydroxyl groups is 1. The number of nitriles is 1. The van der Waals surface area contributed by atoms with Gasteiger partial charge < -0.3 is 5.11 Å². The summed E-state index contributed by atoms with van der Waals surface area (Å²) in [5.41, 5.74) is -1.83. The Morgan fingerprint density at radius 3 is 2.44 bits per heavy atom. The minimum Gasteiger partial charge on any atom is -0.390 e.